The molecule has 12 heteroatoms. The van der Waals surface area contributed by atoms with Crippen LogP contribution in [-0.2, 0) is 13.1 Å². The van der Waals surface area contributed by atoms with Gasteiger partial charge in [-0.2, -0.15) is 10.2 Å². The molecular formula is C28H28Cl2F4N6. The van der Waals surface area contributed by atoms with E-state index in [9.17, 15) is 17.6 Å². The second-order valence-electron chi connectivity index (χ2n) is 10.3. The van der Waals surface area contributed by atoms with Gasteiger partial charge < -0.3 is 0 Å². The molecule has 0 radical (unpaired) electrons. The highest BCUT2D eigenvalue weighted by Gasteiger charge is 2.35. The molecule has 0 saturated heterocycles. The summed E-state index contributed by atoms with van der Waals surface area (Å²) in [7, 11) is 0. The zero-order valence-electron chi connectivity index (χ0n) is 21.4. The molecule has 4 aromatic rings. The van der Waals surface area contributed by atoms with Crippen molar-refractivity contribution in [3.8, 4) is 22.3 Å². The Bertz CT molecular complexity index is 1290. The maximum absolute atomic E-state index is 13.2. The SMILES string of the molecule is F[C@@H]1CC(Cn2cc(-c3cccnc3Cl)cn2)C[C@H]1F.F[C@H]1CC(Cn2cc(-c3cccnc3Cl)cn2)C[C@@H]1F. The summed E-state index contributed by atoms with van der Waals surface area (Å²) in [5.74, 6) is -0.00533. The van der Waals surface area contributed by atoms with Crippen molar-refractivity contribution >= 4 is 23.2 Å². The van der Waals surface area contributed by atoms with Crippen molar-refractivity contribution in [1.82, 2.24) is 29.5 Å². The quantitative estimate of drug-likeness (QED) is 0.173. The number of pyridine rings is 2. The van der Waals surface area contributed by atoms with Crippen LogP contribution in [0.1, 0.15) is 25.7 Å². The molecule has 6 rings (SSSR count). The van der Waals surface area contributed by atoms with Crippen LogP contribution in [0, 0.1) is 11.8 Å². The Morgan fingerprint density at radius 2 is 1.02 bits per heavy atom. The smallest absolute Gasteiger partial charge is 0.136 e. The predicted octanol–water partition coefficient (Wildman–Crippen LogP) is 7.37. The molecule has 6 nitrogen and oxygen atoms in total. The summed E-state index contributed by atoms with van der Waals surface area (Å²) in [6, 6.07) is 7.33. The van der Waals surface area contributed by atoms with Gasteiger partial charge in [-0.1, -0.05) is 23.2 Å². The van der Waals surface area contributed by atoms with Gasteiger partial charge in [0.15, 0.2) is 0 Å². The Morgan fingerprint density at radius 1 is 0.650 bits per heavy atom. The zero-order chi connectivity index (χ0) is 28.2. The average Bonchev–Trinajstić information content (AvgIpc) is 3.71. The van der Waals surface area contributed by atoms with Gasteiger partial charge in [0, 0.05) is 60.1 Å². The van der Waals surface area contributed by atoms with Crippen molar-refractivity contribution in [3.63, 3.8) is 0 Å². The van der Waals surface area contributed by atoms with Crippen molar-refractivity contribution in [2.75, 3.05) is 0 Å². The van der Waals surface area contributed by atoms with Crippen LogP contribution in [0.25, 0.3) is 22.3 Å². The third-order valence-corrected chi connectivity index (χ3v) is 7.92. The Morgan fingerprint density at radius 3 is 1.38 bits per heavy atom. The summed E-state index contributed by atoms with van der Waals surface area (Å²) in [6.07, 6.45) is 6.05. The normalized spacial score (nSPS) is 23.4. The lowest BCUT2D eigenvalue weighted by Gasteiger charge is -2.08. The van der Waals surface area contributed by atoms with Gasteiger partial charge in [-0.15, -0.1) is 0 Å². The summed E-state index contributed by atoms with van der Waals surface area (Å²) < 4.78 is 56.1. The third-order valence-electron chi connectivity index (χ3n) is 7.32. The number of aromatic nitrogens is 6. The molecule has 0 aliphatic heterocycles. The fourth-order valence-corrected chi connectivity index (χ4v) is 5.75. The van der Waals surface area contributed by atoms with Gasteiger partial charge in [-0.05, 0) is 61.8 Å². The highest BCUT2D eigenvalue weighted by molar-refractivity contribution is 6.32. The number of nitrogens with zero attached hydrogens (tertiary/aromatic N) is 6. The molecule has 0 spiro atoms. The molecule has 40 heavy (non-hydrogen) atoms. The number of rotatable bonds is 6. The van der Waals surface area contributed by atoms with E-state index >= 15 is 0 Å². The molecule has 0 unspecified atom stereocenters. The molecule has 2 aliphatic rings. The van der Waals surface area contributed by atoms with Crippen LogP contribution >= 0.6 is 23.2 Å². The zero-order valence-corrected chi connectivity index (χ0v) is 22.9. The first-order valence-corrected chi connectivity index (χ1v) is 13.9. The van der Waals surface area contributed by atoms with E-state index < -0.39 is 24.7 Å². The van der Waals surface area contributed by atoms with E-state index in [-0.39, 0.29) is 37.5 Å². The van der Waals surface area contributed by atoms with E-state index in [1.165, 1.54) is 0 Å². The second-order valence-corrected chi connectivity index (χ2v) is 11.0. The van der Waals surface area contributed by atoms with Crippen LogP contribution in [-0.4, -0.2) is 54.2 Å². The fourth-order valence-electron chi connectivity index (χ4n) is 5.29. The summed E-state index contributed by atoms with van der Waals surface area (Å²) in [6.45, 7) is 1.05. The molecule has 0 bridgehead atoms. The third kappa shape index (κ3) is 6.83. The molecule has 4 heterocycles. The molecule has 0 aromatic carbocycles. The average molecular weight is 595 g/mol. The minimum Gasteiger partial charge on any atom is -0.272 e. The van der Waals surface area contributed by atoms with E-state index in [2.05, 4.69) is 20.2 Å². The minimum atomic E-state index is -1.33. The van der Waals surface area contributed by atoms with E-state index in [0.29, 0.717) is 23.4 Å². The summed E-state index contributed by atoms with van der Waals surface area (Å²) >= 11 is 12.1. The van der Waals surface area contributed by atoms with Crippen LogP contribution in [0.3, 0.4) is 0 Å². The maximum atomic E-state index is 13.2. The van der Waals surface area contributed by atoms with Crippen LogP contribution in [0.2, 0.25) is 10.3 Å². The van der Waals surface area contributed by atoms with Gasteiger partial charge in [-0.25, -0.2) is 27.5 Å². The Kier molecular flexibility index (Phi) is 9.05. The fraction of sp³-hybridized carbons (Fsp3) is 0.429. The van der Waals surface area contributed by atoms with Gasteiger partial charge in [0.1, 0.15) is 35.0 Å². The maximum Gasteiger partial charge on any atom is 0.136 e. The Hall–Kier alpha value is -2.98. The van der Waals surface area contributed by atoms with Gasteiger partial charge >= 0.3 is 0 Å². The molecule has 4 atom stereocenters. The first kappa shape index (κ1) is 28.5. The largest absolute Gasteiger partial charge is 0.272 e. The van der Waals surface area contributed by atoms with Crippen LogP contribution in [0.15, 0.2) is 61.4 Å². The molecule has 4 aromatic heterocycles. The second kappa shape index (κ2) is 12.7. The predicted molar refractivity (Wildman–Crippen MR) is 146 cm³/mol. The van der Waals surface area contributed by atoms with Crippen molar-refractivity contribution in [1.29, 1.82) is 0 Å². The first-order valence-electron chi connectivity index (χ1n) is 13.1. The lowest BCUT2D eigenvalue weighted by atomic mass is 10.1. The summed E-state index contributed by atoms with van der Waals surface area (Å²) in [4.78, 5) is 8.03. The molecule has 2 aliphatic carbocycles. The van der Waals surface area contributed by atoms with Gasteiger partial charge in [0.25, 0.3) is 0 Å². The summed E-state index contributed by atoms with van der Waals surface area (Å²) in [5.41, 5.74) is 3.32. The highest BCUT2D eigenvalue weighted by atomic mass is 35.5. The van der Waals surface area contributed by atoms with Crippen molar-refractivity contribution in [2.24, 2.45) is 11.8 Å². The standard InChI is InChI=1S/2C14H14ClF2N3/c2*15-14-11(2-1-3-18-14)10-6-19-20(8-10)7-9-4-12(16)13(17)5-9/h2*1-3,6,8-9,12-13H,4-5,7H2/t2*12-,13-/m10/s1. The van der Waals surface area contributed by atoms with E-state index in [1.807, 2.05) is 24.5 Å². The van der Waals surface area contributed by atoms with Crippen molar-refractivity contribution in [3.05, 3.63) is 71.8 Å². The van der Waals surface area contributed by atoms with E-state index in [1.54, 1.807) is 46.3 Å². The number of alkyl halides is 4. The molecule has 2 fully saturated rings. The topological polar surface area (TPSA) is 61.4 Å². The molecule has 0 N–H and O–H groups in total. The van der Waals surface area contributed by atoms with Crippen molar-refractivity contribution < 1.29 is 17.6 Å². The Labute approximate surface area is 239 Å². The lowest BCUT2D eigenvalue weighted by molar-refractivity contribution is 0.199. The van der Waals surface area contributed by atoms with Gasteiger partial charge in [0.2, 0.25) is 0 Å². The number of halogens is 6. The Balaban J connectivity index is 0.000000161. The highest BCUT2D eigenvalue weighted by Crippen LogP contribution is 2.33. The molecular weight excluding hydrogens is 567 g/mol. The van der Waals surface area contributed by atoms with Crippen LogP contribution < -0.4 is 0 Å². The number of hydrogen-bond acceptors (Lipinski definition) is 4. The van der Waals surface area contributed by atoms with Gasteiger partial charge in [0.05, 0.1) is 12.4 Å². The van der Waals surface area contributed by atoms with E-state index in [4.69, 9.17) is 23.2 Å². The lowest BCUT2D eigenvalue weighted by Crippen LogP contribution is -2.08. The van der Waals surface area contributed by atoms with Gasteiger partial charge in [-0.3, -0.25) is 9.36 Å². The molecule has 212 valence electrons. The minimum absolute atomic E-state index is 0.00267. The molecule has 2 saturated carbocycles. The van der Waals surface area contributed by atoms with Crippen molar-refractivity contribution in [2.45, 2.75) is 63.5 Å². The van der Waals surface area contributed by atoms with Crippen LogP contribution in [0.4, 0.5) is 17.6 Å². The monoisotopic (exact) mass is 594 g/mol. The molecule has 0 amide bonds. The number of hydrogen-bond donors (Lipinski definition) is 0. The van der Waals surface area contributed by atoms with Crippen LogP contribution in [0.5, 0.6) is 0 Å². The van der Waals surface area contributed by atoms with E-state index in [0.717, 1.165) is 22.3 Å². The summed E-state index contributed by atoms with van der Waals surface area (Å²) in [5, 5.41) is 9.30. The first-order chi connectivity index (χ1) is 19.3.